The van der Waals surface area contributed by atoms with E-state index in [-0.39, 0.29) is 24.1 Å². The molecule has 0 aliphatic heterocycles. The number of hydrogen-bond acceptors (Lipinski definition) is 3. The lowest BCUT2D eigenvalue weighted by atomic mass is 10.2. The Morgan fingerprint density at radius 1 is 1.00 bits per heavy atom. The van der Waals surface area contributed by atoms with Crippen molar-refractivity contribution in [2.75, 3.05) is 23.7 Å². The molecule has 0 saturated heterocycles. The van der Waals surface area contributed by atoms with Crippen LogP contribution in [-0.2, 0) is 14.4 Å². The predicted octanol–water partition coefficient (Wildman–Crippen LogP) is 4.16. The fourth-order valence-electron chi connectivity index (χ4n) is 2.59. The molecule has 1 aromatic carbocycles. The molecule has 0 bridgehead atoms. The number of nitrogens with one attached hydrogen (secondary N) is 2. The number of anilines is 2. The maximum absolute atomic E-state index is 12.2. The fraction of sp³-hybridized carbons (Fsp3) is 0.526. The molecule has 0 unspecified atom stereocenters. The zero-order chi connectivity index (χ0) is 19.5. The van der Waals surface area contributed by atoms with Crippen LogP contribution in [0.1, 0.15) is 52.9 Å². The summed E-state index contributed by atoms with van der Waals surface area (Å²) in [5.41, 5.74) is 1.08. The van der Waals surface area contributed by atoms with Crippen LogP contribution < -0.4 is 10.6 Å². The highest BCUT2D eigenvalue weighted by atomic mass is 79.9. The molecule has 2 N–H and O–H groups in total. The molecule has 6 nitrogen and oxygen atoms in total. The largest absolute Gasteiger partial charge is 0.343 e. The lowest BCUT2D eigenvalue weighted by Gasteiger charge is -2.21. The third-order valence-electron chi connectivity index (χ3n) is 3.70. The van der Waals surface area contributed by atoms with Crippen molar-refractivity contribution < 1.29 is 14.4 Å². The molecule has 0 saturated carbocycles. The Bertz CT molecular complexity index is 628. The van der Waals surface area contributed by atoms with Crippen LogP contribution in [0.3, 0.4) is 0 Å². The second-order valence-electron chi connectivity index (χ2n) is 6.15. The van der Waals surface area contributed by atoms with E-state index in [0.29, 0.717) is 24.2 Å². The summed E-state index contributed by atoms with van der Waals surface area (Å²) < 4.78 is 0.798. The molecule has 7 heteroatoms. The fourth-order valence-corrected chi connectivity index (χ4v) is 2.95. The second kappa shape index (κ2) is 11.7. The summed E-state index contributed by atoms with van der Waals surface area (Å²) in [6.07, 6.45) is 2.98. The minimum Gasteiger partial charge on any atom is -0.343 e. The van der Waals surface area contributed by atoms with Gasteiger partial charge in [0.2, 0.25) is 17.7 Å². The molecular weight excluding hydrogens is 398 g/mol. The van der Waals surface area contributed by atoms with E-state index in [2.05, 4.69) is 26.6 Å². The van der Waals surface area contributed by atoms with Gasteiger partial charge in [0.1, 0.15) is 0 Å². The van der Waals surface area contributed by atoms with Crippen molar-refractivity contribution in [2.24, 2.45) is 0 Å². The van der Waals surface area contributed by atoms with Crippen LogP contribution >= 0.6 is 15.9 Å². The molecule has 0 fully saturated rings. The maximum Gasteiger partial charge on any atom is 0.224 e. The molecule has 0 heterocycles. The van der Waals surface area contributed by atoms with Gasteiger partial charge in [0, 0.05) is 37.3 Å². The molecule has 0 aliphatic carbocycles. The first-order chi connectivity index (χ1) is 12.4. The van der Waals surface area contributed by atoms with Gasteiger partial charge in [-0.2, -0.15) is 0 Å². The van der Waals surface area contributed by atoms with Crippen LogP contribution in [0.2, 0.25) is 0 Å². The lowest BCUT2D eigenvalue weighted by Crippen LogP contribution is -2.32. The van der Waals surface area contributed by atoms with Gasteiger partial charge in [-0.05, 0) is 37.5 Å². The number of rotatable bonds is 10. The van der Waals surface area contributed by atoms with Gasteiger partial charge in [-0.15, -0.1) is 0 Å². The van der Waals surface area contributed by atoms with Crippen molar-refractivity contribution in [3.05, 3.63) is 22.7 Å². The molecule has 3 amide bonds. The monoisotopic (exact) mass is 425 g/mol. The molecule has 0 aliphatic rings. The number of carbonyl (C=O) groups is 3. The van der Waals surface area contributed by atoms with Gasteiger partial charge in [0.05, 0.1) is 11.4 Å². The van der Waals surface area contributed by atoms with Gasteiger partial charge in [-0.3, -0.25) is 14.4 Å². The van der Waals surface area contributed by atoms with Gasteiger partial charge in [-0.1, -0.05) is 29.8 Å². The molecule has 26 heavy (non-hydrogen) atoms. The minimum atomic E-state index is -0.208. The van der Waals surface area contributed by atoms with Gasteiger partial charge in [0.25, 0.3) is 0 Å². The zero-order valence-corrected chi connectivity index (χ0v) is 17.3. The van der Waals surface area contributed by atoms with E-state index in [0.717, 1.165) is 30.4 Å². The molecular formula is C19H28BrN3O3. The maximum atomic E-state index is 12.2. The Kier molecular flexibility index (Phi) is 9.95. The van der Waals surface area contributed by atoms with E-state index in [4.69, 9.17) is 0 Å². The third-order valence-corrected chi connectivity index (χ3v) is 4.19. The van der Waals surface area contributed by atoms with Crippen molar-refractivity contribution in [3.63, 3.8) is 0 Å². The average Bonchev–Trinajstić information content (AvgIpc) is 2.56. The molecule has 0 aromatic heterocycles. The summed E-state index contributed by atoms with van der Waals surface area (Å²) in [5.74, 6) is -0.289. The summed E-state index contributed by atoms with van der Waals surface area (Å²) in [7, 11) is 0. The highest BCUT2D eigenvalue weighted by Crippen LogP contribution is 2.26. The first-order valence-electron chi connectivity index (χ1n) is 9.02. The highest BCUT2D eigenvalue weighted by Gasteiger charge is 2.13. The lowest BCUT2D eigenvalue weighted by molar-refractivity contribution is -0.131. The SMILES string of the molecule is CCCN(CCC)C(=O)CCCC(=O)Nc1cc(Br)ccc1NC(C)=O. The quantitative estimate of drug-likeness (QED) is 0.590. The van der Waals surface area contributed by atoms with Crippen LogP contribution in [0.4, 0.5) is 11.4 Å². The molecule has 1 rings (SSSR count). The molecule has 0 spiro atoms. The number of halogens is 1. The van der Waals surface area contributed by atoms with Crippen molar-refractivity contribution in [3.8, 4) is 0 Å². The van der Waals surface area contributed by atoms with Crippen LogP contribution in [0, 0.1) is 0 Å². The summed E-state index contributed by atoms with van der Waals surface area (Å²) >= 11 is 3.36. The third kappa shape index (κ3) is 7.99. The summed E-state index contributed by atoms with van der Waals surface area (Å²) in [5, 5.41) is 5.49. The Labute approximate surface area is 163 Å². The number of amides is 3. The van der Waals surface area contributed by atoms with Gasteiger partial charge in [-0.25, -0.2) is 0 Å². The zero-order valence-electron chi connectivity index (χ0n) is 15.7. The first kappa shape index (κ1) is 22.2. The summed E-state index contributed by atoms with van der Waals surface area (Å²) in [6, 6.07) is 5.24. The van der Waals surface area contributed by atoms with Crippen LogP contribution in [0.25, 0.3) is 0 Å². The number of hydrogen-bond donors (Lipinski definition) is 2. The molecule has 0 radical (unpaired) electrons. The van der Waals surface area contributed by atoms with Gasteiger partial charge in [0.15, 0.2) is 0 Å². The van der Waals surface area contributed by atoms with Crippen LogP contribution in [0.15, 0.2) is 22.7 Å². The minimum absolute atomic E-state index is 0.0999. The van der Waals surface area contributed by atoms with Crippen LogP contribution in [0.5, 0.6) is 0 Å². The Morgan fingerprint density at radius 2 is 1.65 bits per heavy atom. The summed E-state index contributed by atoms with van der Waals surface area (Å²) in [4.78, 5) is 37.6. The van der Waals surface area contributed by atoms with Crippen LogP contribution in [-0.4, -0.2) is 35.7 Å². The van der Waals surface area contributed by atoms with Gasteiger partial charge < -0.3 is 15.5 Å². The van der Waals surface area contributed by atoms with Crippen molar-refractivity contribution in [1.82, 2.24) is 4.90 Å². The normalized spacial score (nSPS) is 10.3. The van der Waals surface area contributed by atoms with E-state index in [1.807, 2.05) is 18.7 Å². The average molecular weight is 426 g/mol. The Hall–Kier alpha value is -1.89. The van der Waals surface area contributed by atoms with E-state index in [1.54, 1.807) is 18.2 Å². The smallest absolute Gasteiger partial charge is 0.224 e. The first-order valence-corrected chi connectivity index (χ1v) is 9.81. The Balaban J connectivity index is 2.55. The van der Waals surface area contributed by atoms with E-state index >= 15 is 0 Å². The Morgan fingerprint density at radius 3 is 2.23 bits per heavy atom. The highest BCUT2D eigenvalue weighted by molar-refractivity contribution is 9.10. The van der Waals surface area contributed by atoms with E-state index in [1.165, 1.54) is 6.92 Å². The molecule has 144 valence electrons. The van der Waals surface area contributed by atoms with Crippen molar-refractivity contribution in [1.29, 1.82) is 0 Å². The molecule has 0 atom stereocenters. The number of nitrogens with zero attached hydrogens (tertiary/aromatic N) is 1. The summed E-state index contributed by atoms with van der Waals surface area (Å²) in [6.45, 7) is 7.04. The predicted molar refractivity (Wildman–Crippen MR) is 108 cm³/mol. The van der Waals surface area contributed by atoms with E-state index < -0.39 is 0 Å². The second-order valence-corrected chi connectivity index (χ2v) is 7.07. The van der Waals surface area contributed by atoms with Crippen molar-refractivity contribution in [2.45, 2.75) is 52.9 Å². The van der Waals surface area contributed by atoms with E-state index in [9.17, 15) is 14.4 Å². The van der Waals surface area contributed by atoms with Crippen molar-refractivity contribution >= 4 is 45.0 Å². The topological polar surface area (TPSA) is 78.5 Å². The molecule has 1 aromatic rings. The number of benzene rings is 1. The van der Waals surface area contributed by atoms with Gasteiger partial charge >= 0.3 is 0 Å². The standard InChI is InChI=1S/C19H28BrN3O3/c1-4-11-23(12-5-2)19(26)8-6-7-18(25)22-17-13-15(20)9-10-16(17)21-14(3)24/h9-10,13H,4-8,11-12H2,1-3H3,(H,21,24)(H,22,25). The number of carbonyl (C=O) groups excluding carboxylic acids is 3.